The molecule has 1 saturated heterocycles. The molecule has 0 bridgehead atoms. The summed E-state index contributed by atoms with van der Waals surface area (Å²) < 4.78 is 0. The Morgan fingerprint density at radius 2 is 2.25 bits per heavy atom. The number of hydrogen-bond donors (Lipinski definition) is 2. The summed E-state index contributed by atoms with van der Waals surface area (Å²) in [5.41, 5.74) is 0.00178. The molecule has 2 unspecified atom stereocenters. The number of piperazine rings is 1. The van der Waals surface area contributed by atoms with Crippen LogP contribution in [-0.4, -0.2) is 46.7 Å². The lowest BCUT2D eigenvalue weighted by Crippen LogP contribution is -2.63. The predicted octanol–water partition coefficient (Wildman–Crippen LogP) is 1.31. The molecule has 1 heterocycles. The van der Waals surface area contributed by atoms with Crippen LogP contribution in [-0.2, 0) is 4.79 Å². The lowest BCUT2D eigenvalue weighted by molar-refractivity contribution is -0.138. The summed E-state index contributed by atoms with van der Waals surface area (Å²) in [5.74, 6) is -0.723. The first-order valence-corrected chi connectivity index (χ1v) is 6.07. The van der Waals surface area contributed by atoms with Crippen molar-refractivity contribution in [2.75, 3.05) is 13.1 Å². The Labute approximate surface area is 98.0 Å². The zero-order valence-electron chi connectivity index (χ0n) is 10.8. The second-order valence-electron chi connectivity index (χ2n) is 5.51. The SMILES string of the molecule is CCC(C)N1CC(CC(=O)O)NC(C)(C)C1. The van der Waals surface area contributed by atoms with Gasteiger partial charge in [-0.2, -0.15) is 0 Å². The molecule has 1 aliphatic heterocycles. The molecule has 4 heteroatoms. The van der Waals surface area contributed by atoms with Crippen LogP contribution in [0.1, 0.15) is 40.5 Å². The molecule has 0 amide bonds. The van der Waals surface area contributed by atoms with E-state index in [0.717, 1.165) is 19.5 Å². The number of carboxylic acids is 1. The van der Waals surface area contributed by atoms with Crippen molar-refractivity contribution in [3.8, 4) is 0 Å². The number of carbonyl (C=O) groups is 1. The molecule has 0 saturated carbocycles. The van der Waals surface area contributed by atoms with Crippen LogP contribution in [0.2, 0.25) is 0 Å². The molecule has 2 atom stereocenters. The molecule has 0 radical (unpaired) electrons. The molecule has 4 nitrogen and oxygen atoms in total. The van der Waals surface area contributed by atoms with E-state index in [9.17, 15) is 4.79 Å². The van der Waals surface area contributed by atoms with Crippen molar-refractivity contribution in [2.45, 2.75) is 58.2 Å². The highest BCUT2D eigenvalue weighted by Gasteiger charge is 2.34. The molecule has 2 N–H and O–H groups in total. The lowest BCUT2D eigenvalue weighted by Gasteiger charge is -2.45. The van der Waals surface area contributed by atoms with Crippen LogP contribution in [0.15, 0.2) is 0 Å². The van der Waals surface area contributed by atoms with Gasteiger partial charge >= 0.3 is 5.97 Å². The van der Waals surface area contributed by atoms with Crippen molar-refractivity contribution in [1.82, 2.24) is 10.2 Å². The topological polar surface area (TPSA) is 52.6 Å². The molecule has 0 spiro atoms. The number of rotatable bonds is 4. The van der Waals surface area contributed by atoms with E-state index >= 15 is 0 Å². The van der Waals surface area contributed by atoms with Crippen molar-refractivity contribution in [3.05, 3.63) is 0 Å². The van der Waals surface area contributed by atoms with Gasteiger partial charge < -0.3 is 10.4 Å². The minimum atomic E-state index is -0.723. The normalized spacial score (nSPS) is 27.6. The summed E-state index contributed by atoms with van der Waals surface area (Å²) in [5, 5.41) is 12.3. The number of nitrogens with zero attached hydrogens (tertiary/aromatic N) is 1. The minimum absolute atomic E-state index is 0.00178. The first kappa shape index (κ1) is 13.5. The Balaban J connectivity index is 2.65. The Morgan fingerprint density at radius 1 is 1.62 bits per heavy atom. The number of carboxylic acid groups (broad SMARTS) is 1. The summed E-state index contributed by atoms with van der Waals surface area (Å²) in [6, 6.07) is 0.591. The third-order valence-corrected chi connectivity index (χ3v) is 3.28. The van der Waals surface area contributed by atoms with Gasteiger partial charge in [0.1, 0.15) is 0 Å². The molecule has 0 aliphatic carbocycles. The van der Waals surface area contributed by atoms with E-state index in [2.05, 4.69) is 37.9 Å². The second-order valence-corrected chi connectivity index (χ2v) is 5.51. The summed E-state index contributed by atoms with van der Waals surface area (Å²) in [7, 11) is 0. The van der Waals surface area contributed by atoms with Crippen LogP contribution in [0.3, 0.4) is 0 Å². The molecule has 1 rings (SSSR count). The van der Waals surface area contributed by atoms with Crippen molar-refractivity contribution in [3.63, 3.8) is 0 Å². The average molecular weight is 228 g/mol. The van der Waals surface area contributed by atoms with Crippen LogP contribution in [0.4, 0.5) is 0 Å². The molecule has 0 aromatic carbocycles. The highest BCUT2D eigenvalue weighted by Crippen LogP contribution is 2.19. The van der Waals surface area contributed by atoms with E-state index in [0.29, 0.717) is 6.04 Å². The number of nitrogens with one attached hydrogen (secondary N) is 1. The Kier molecular flexibility index (Phi) is 4.33. The van der Waals surface area contributed by atoms with E-state index in [4.69, 9.17) is 5.11 Å². The van der Waals surface area contributed by atoms with Crippen molar-refractivity contribution >= 4 is 5.97 Å². The molecule has 1 aliphatic rings. The van der Waals surface area contributed by atoms with Gasteiger partial charge in [0.05, 0.1) is 6.42 Å². The van der Waals surface area contributed by atoms with Crippen molar-refractivity contribution in [1.29, 1.82) is 0 Å². The fourth-order valence-electron chi connectivity index (χ4n) is 2.42. The molecular formula is C12H24N2O2. The van der Waals surface area contributed by atoms with Crippen LogP contribution in [0.25, 0.3) is 0 Å². The first-order valence-electron chi connectivity index (χ1n) is 6.07. The van der Waals surface area contributed by atoms with Gasteiger partial charge in [-0.3, -0.25) is 9.69 Å². The standard InChI is InChI=1S/C12H24N2O2/c1-5-9(2)14-7-10(6-11(15)16)13-12(3,4)8-14/h9-10,13H,5-8H2,1-4H3,(H,15,16). The van der Waals surface area contributed by atoms with Gasteiger partial charge in [-0.15, -0.1) is 0 Å². The Bertz CT molecular complexity index is 253. The zero-order valence-corrected chi connectivity index (χ0v) is 10.8. The smallest absolute Gasteiger partial charge is 0.304 e. The van der Waals surface area contributed by atoms with E-state index in [-0.39, 0.29) is 18.0 Å². The van der Waals surface area contributed by atoms with Crippen molar-refractivity contribution in [2.24, 2.45) is 0 Å². The van der Waals surface area contributed by atoms with Crippen LogP contribution < -0.4 is 5.32 Å². The quantitative estimate of drug-likeness (QED) is 0.762. The molecule has 94 valence electrons. The average Bonchev–Trinajstić information content (AvgIpc) is 2.12. The van der Waals surface area contributed by atoms with E-state index in [1.807, 2.05) is 0 Å². The van der Waals surface area contributed by atoms with Gasteiger partial charge in [0.25, 0.3) is 0 Å². The van der Waals surface area contributed by atoms with Gasteiger partial charge in [-0.1, -0.05) is 6.92 Å². The minimum Gasteiger partial charge on any atom is -0.481 e. The molecule has 1 fully saturated rings. The zero-order chi connectivity index (χ0) is 12.3. The van der Waals surface area contributed by atoms with Crippen LogP contribution in [0, 0.1) is 0 Å². The van der Waals surface area contributed by atoms with Gasteiger partial charge in [-0.25, -0.2) is 0 Å². The summed E-state index contributed by atoms with van der Waals surface area (Å²) in [6.45, 7) is 10.5. The highest BCUT2D eigenvalue weighted by molar-refractivity contribution is 5.67. The monoisotopic (exact) mass is 228 g/mol. The second kappa shape index (κ2) is 5.15. The Hall–Kier alpha value is -0.610. The lowest BCUT2D eigenvalue weighted by atomic mass is 9.95. The predicted molar refractivity (Wildman–Crippen MR) is 64.6 cm³/mol. The summed E-state index contributed by atoms with van der Waals surface area (Å²) in [4.78, 5) is 13.2. The third kappa shape index (κ3) is 3.76. The molecule has 16 heavy (non-hydrogen) atoms. The maximum Gasteiger partial charge on any atom is 0.304 e. The fraction of sp³-hybridized carbons (Fsp3) is 0.917. The largest absolute Gasteiger partial charge is 0.481 e. The molecule has 0 aromatic heterocycles. The number of aliphatic carboxylic acids is 1. The Morgan fingerprint density at radius 3 is 2.75 bits per heavy atom. The van der Waals surface area contributed by atoms with Gasteiger partial charge in [-0.05, 0) is 27.2 Å². The fourth-order valence-corrected chi connectivity index (χ4v) is 2.42. The number of hydrogen-bond acceptors (Lipinski definition) is 3. The van der Waals surface area contributed by atoms with Crippen LogP contribution in [0.5, 0.6) is 0 Å². The maximum atomic E-state index is 10.8. The van der Waals surface area contributed by atoms with E-state index in [1.54, 1.807) is 0 Å². The van der Waals surface area contributed by atoms with E-state index < -0.39 is 5.97 Å². The van der Waals surface area contributed by atoms with Gasteiger partial charge in [0.2, 0.25) is 0 Å². The summed E-state index contributed by atoms with van der Waals surface area (Å²) in [6.07, 6.45) is 1.31. The van der Waals surface area contributed by atoms with E-state index in [1.165, 1.54) is 0 Å². The first-order chi connectivity index (χ1) is 7.34. The van der Waals surface area contributed by atoms with Gasteiger partial charge in [0.15, 0.2) is 0 Å². The molecule has 0 aromatic rings. The maximum absolute atomic E-state index is 10.8. The van der Waals surface area contributed by atoms with Crippen LogP contribution >= 0.6 is 0 Å². The van der Waals surface area contributed by atoms with Gasteiger partial charge in [0, 0.05) is 30.7 Å². The third-order valence-electron chi connectivity index (χ3n) is 3.28. The molecular weight excluding hydrogens is 204 g/mol. The highest BCUT2D eigenvalue weighted by atomic mass is 16.4. The van der Waals surface area contributed by atoms with Crippen molar-refractivity contribution < 1.29 is 9.90 Å². The summed E-state index contributed by atoms with van der Waals surface area (Å²) >= 11 is 0.